The molecular formula is C19H13Cl2N3O5. The summed E-state index contributed by atoms with van der Waals surface area (Å²) in [6.07, 6.45) is 0.0153. The summed E-state index contributed by atoms with van der Waals surface area (Å²) in [7, 11) is 0. The molecule has 0 unspecified atom stereocenters. The molecule has 1 aliphatic rings. The van der Waals surface area contributed by atoms with Crippen molar-refractivity contribution in [2.24, 2.45) is 0 Å². The second-order valence-corrected chi connectivity index (χ2v) is 6.94. The third-order valence-corrected chi connectivity index (χ3v) is 4.90. The number of nitrogens with one attached hydrogen (secondary N) is 1. The van der Waals surface area contributed by atoms with Gasteiger partial charge in [-0.2, -0.15) is 0 Å². The first kappa shape index (κ1) is 20.6. The van der Waals surface area contributed by atoms with Crippen molar-refractivity contribution in [1.29, 1.82) is 0 Å². The Morgan fingerprint density at radius 1 is 1.17 bits per heavy atom. The van der Waals surface area contributed by atoms with Gasteiger partial charge in [0.05, 0.1) is 21.1 Å². The van der Waals surface area contributed by atoms with Crippen LogP contribution in [0.15, 0.2) is 40.9 Å². The number of para-hydroxylation sites is 1. The summed E-state index contributed by atoms with van der Waals surface area (Å²) < 4.78 is 0. The summed E-state index contributed by atoms with van der Waals surface area (Å²) in [5, 5.41) is 13.6. The molecule has 148 valence electrons. The van der Waals surface area contributed by atoms with Crippen LogP contribution in [-0.2, 0) is 4.79 Å². The van der Waals surface area contributed by atoms with Crippen molar-refractivity contribution in [3.8, 4) is 11.1 Å². The van der Waals surface area contributed by atoms with E-state index in [1.165, 1.54) is 31.2 Å². The average molecular weight is 434 g/mol. The highest BCUT2D eigenvalue weighted by molar-refractivity contribution is 6.50. The molecule has 0 fully saturated rings. The van der Waals surface area contributed by atoms with Gasteiger partial charge in [0.15, 0.2) is 5.78 Å². The van der Waals surface area contributed by atoms with Crippen molar-refractivity contribution < 1.29 is 19.3 Å². The lowest BCUT2D eigenvalue weighted by Gasteiger charge is -2.20. The largest absolute Gasteiger partial charge is 0.356 e. The highest BCUT2D eigenvalue weighted by Gasteiger charge is 2.36. The van der Waals surface area contributed by atoms with E-state index in [1.54, 1.807) is 6.07 Å². The quantitative estimate of drug-likeness (QED) is 0.435. The Labute approximate surface area is 174 Å². The van der Waals surface area contributed by atoms with Crippen LogP contribution in [0.2, 0.25) is 5.15 Å². The van der Waals surface area contributed by atoms with Crippen LogP contribution in [0.1, 0.15) is 34.2 Å². The average Bonchev–Trinajstić information content (AvgIpc) is 2.67. The van der Waals surface area contributed by atoms with Crippen molar-refractivity contribution >= 4 is 46.4 Å². The minimum Gasteiger partial charge on any atom is -0.356 e. The Morgan fingerprint density at radius 3 is 2.52 bits per heavy atom. The Morgan fingerprint density at radius 2 is 1.86 bits per heavy atom. The monoisotopic (exact) mass is 433 g/mol. The number of benzene rings is 1. The molecule has 3 rings (SSSR count). The lowest BCUT2D eigenvalue weighted by molar-refractivity contribution is -0.384. The molecule has 8 nitrogen and oxygen atoms in total. The summed E-state index contributed by atoms with van der Waals surface area (Å²) in [6, 6.07) is 7.10. The Hall–Kier alpha value is -3.10. The first-order chi connectivity index (χ1) is 13.7. The van der Waals surface area contributed by atoms with Gasteiger partial charge in [-0.1, -0.05) is 35.3 Å². The molecule has 0 spiro atoms. The van der Waals surface area contributed by atoms with Crippen LogP contribution in [0.25, 0.3) is 11.1 Å². The first-order valence-corrected chi connectivity index (χ1v) is 9.14. The minimum absolute atomic E-state index is 0.00173. The highest BCUT2D eigenvalue weighted by Crippen LogP contribution is 2.39. The standard InChI is InChI=1S/C19H13Cl2N3O5/c1-9(25)22-7-6-11-16(21)19(27)17-15(18(11)26)12(8-14(20)23-17)10-4-2-3-5-13(10)24(28)29/h2-5,8H,6-7H2,1H3,(H,22,25). The van der Waals surface area contributed by atoms with Crippen molar-refractivity contribution in [1.82, 2.24) is 10.3 Å². The van der Waals surface area contributed by atoms with Crippen LogP contribution in [0.5, 0.6) is 0 Å². The Balaban J connectivity index is 2.19. The van der Waals surface area contributed by atoms with Crippen LogP contribution in [0.4, 0.5) is 5.69 Å². The van der Waals surface area contributed by atoms with Crippen molar-refractivity contribution in [3.63, 3.8) is 0 Å². The van der Waals surface area contributed by atoms with E-state index >= 15 is 0 Å². The number of allylic oxidation sites excluding steroid dienone is 1. The highest BCUT2D eigenvalue weighted by atomic mass is 35.5. The number of pyridine rings is 1. The minimum atomic E-state index is -0.707. The number of aromatic nitrogens is 1. The van der Waals surface area contributed by atoms with Gasteiger partial charge >= 0.3 is 0 Å². The molecular weight excluding hydrogens is 421 g/mol. The first-order valence-electron chi connectivity index (χ1n) is 8.39. The van der Waals surface area contributed by atoms with Gasteiger partial charge in [-0.25, -0.2) is 4.98 Å². The second-order valence-electron chi connectivity index (χ2n) is 6.17. The van der Waals surface area contributed by atoms with Crippen molar-refractivity contribution in [3.05, 3.63) is 67.5 Å². The normalized spacial score (nSPS) is 13.3. The summed E-state index contributed by atoms with van der Waals surface area (Å²) in [5.74, 6) is -1.60. The van der Waals surface area contributed by atoms with E-state index < -0.39 is 16.5 Å². The molecule has 0 radical (unpaired) electrons. The zero-order valence-electron chi connectivity index (χ0n) is 15.0. The van der Waals surface area contributed by atoms with E-state index in [-0.39, 0.29) is 62.7 Å². The van der Waals surface area contributed by atoms with Crippen LogP contribution >= 0.6 is 23.2 Å². The lowest BCUT2D eigenvalue weighted by atomic mass is 9.85. The van der Waals surface area contributed by atoms with E-state index in [4.69, 9.17) is 23.2 Å². The molecule has 0 aliphatic heterocycles. The molecule has 10 heteroatoms. The predicted octanol–water partition coefficient (Wildman–Crippen LogP) is 3.71. The van der Waals surface area contributed by atoms with Gasteiger partial charge in [-0.05, 0) is 18.6 Å². The third kappa shape index (κ3) is 3.90. The van der Waals surface area contributed by atoms with E-state index in [2.05, 4.69) is 10.3 Å². The maximum Gasteiger partial charge on any atom is 0.277 e. The van der Waals surface area contributed by atoms with E-state index in [1.807, 2.05) is 0 Å². The number of carbonyl (C=O) groups excluding carboxylic acids is 3. The summed E-state index contributed by atoms with van der Waals surface area (Å²) >= 11 is 12.1. The number of nitro groups is 1. The molecule has 1 aliphatic carbocycles. The molecule has 29 heavy (non-hydrogen) atoms. The fraction of sp³-hybridized carbons (Fsp3) is 0.158. The fourth-order valence-corrected chi connectivity index (χ4v) is 3.52. The van der Waals surface area contributed by atoms with E-state index in [9.17, 15) is 24.5 Å². The van der Waals surface area contributed by atoms with Crippen molar-refractivity contribution in [2.75, 3.05) is 6.54 Å². The second kappa shape index (κ2) is 8.10. The van der Waals surface area contributed by atoms with Crippen LogP contribution in [-0.4, -0.2) is 33.9 Å². The van der Waals surface area contributed by atoms with Crippen LogP contribution < -0.4 is 5.32 Å². The number of fused-ring (bicyclic) bond motifs is 1. The lowest BCUT2D eigenvalue weighted by Crippen LogP contribution is -2.27. The van der Waals surface area contributed by atoms with Crippen molar-refractivity contribution in [2.45, 2.75) is 13.3 Å². The molecule has 1 heterocycles. The Kier molecular flexibility index (Phi) is 5.76. The number of halogens is 2. The SMILES string of the molecule is CC(=O)NCCC1=C(Cl)C(=O)c2nc(Cl)cc(-c3ccccc3[N+](=O)[O-])c2C1=O. The number of nitrogens with zero attached hydrogens (tertiary/aromatic N) is 2. The number of Topliss-reactive ketones (excluding diaryl/α,β-unsaturated/α-hetero) is 2. The van der Waals surface area contributed by atoms with Gasteiger partial charge < -0.3 is 5.32 Å². The number of amides is 1. The number of hydrogen-bond donors (Lipinski definition) is 1. The van der Waals surface area contributed by atoms with E-state index in [0.29, 0.717) is 0 Å². The fourth-order valence-electron chi connectivity index (χ4n) is 3.06. The van der Waals surface area contributed by atoms with Crippen LogP contribution in [0, 0.1) is 10.1 Å². The predicted molar refractivity (Wildman–Crippen MR) is 106 cm³/mol. The van der Waals surface area contributed by atoms with Gasteiger partial charge in [0, 0.05) is 30.7 Å². The van der Waals surface area contributed by atoms with Gasteiger partial charge in [0.25, 0.3) is 5.69 Å². The topological polar surface area (TPSA) is 119 Å². The molecule has 0 bridgehead atoms. The molecule has 1 N–H and O–H groups in total. The zero-order valence-corrected chi connectivity index (χ0v) is 16.5. The molecule has 1 aromatic heterocycles. The van der Waals surface area contributed by atoms with Gasteiger partial charge in [0.1, 0.15) is 10.8 Å². The van der Waals surface area contributed by atoms with E-state index in [0.717, 1.165) is 0 Å². The number of hydrogen-bond acceptors (Lipinski definition) is 6. The molecule has 0 atom stereocenters. The number of nitro benzene ring substituents is 1. The number of rotatable bonds is 5. The molecule has 1 aromatic carbocycles. The summed E-state index contributed by atoms with van der Waals surface area (Å²) in [5.41, 5.74) is -0.371. The molecule has 0 saturated heterocycles. The third-order valence-electron chi connectivity index (χ3n) is 4.31. The molecule has 2 aromatic rings. The molecule has 1 amide bonds. The summed E-state index contributed by atoms with van der Waals surface area (Å²) in [4.78, 5) is 51.8. The maximum absolute atomic E-state index is 13.2. The zero-order chi connectivity index (χ0) is 21.3. The van der Waals surface area contributed by atoms with Crippen LogP contribution in [0.3, 0.4) is 0 Å². The Bertz CT molecular complexity index is 1110. The van der Waals surface area contributed by atoms with Gasteiger partial charge in [0.2, 0.25) is 11.7 Å². The van der Waals surface area contributed by atoms with Gasteiger partial charge in [-0.15, -0.1) is 0 Å². The summed E-state index contributed by atoms with van der Waals surface area (Å²) in [6.45, 7) is 1.41. The number of carbonyl (C=O) groups is 3. The molecule has 0 saturated carbocycles. The maximum atomic E-state index is 13.2. The van der Waals surface area contributed by atoms with Gasteiger partial charge in [-0.3, -0.25) is 24.5 Å². The smallest absolute Gasteiger partial charge is 0.277 e. The number of ketones is 2.